The van der Waals surface area contributed by atoms with Crippen LogP contribution in [-0.4, -0.2) is 30.4 Å². The number of nitrogens with zero attached hydrogens (tertiary/aromatic N) is 2. The van der Waals surface area contributed by atoms with Gasteiger partial charge in [0.05, 0.1) is 13.3 Å². The molecule has 7 heteroatoms. The molecule has 1 aromatic carbocycles. The van der Waals surface area contributed by atoms with Crippen molar-refractivity contribution in [2.45, 2.75) is 0 Å². The van der Waals surface area contributed by atoms with Gasteiger partial charge in [0.15, 0.2) is 0 Å². The van der Waals surface area contributed by atoms with E-state index in [1.165, 1.54) is 25.5 Å². The Labute approximate surface area is 97.4 Å². The van der Waals surface area contributed by atoms with E-state index in [0.29, 0.717) is 5.56 Å². The summed E-state index contributed by atoms with van der Waals surface area (Å²) in [4.78, 5) is 11.3. The Kier molecular flexibility index (Phi) is 4.04. The third-order valence-corrected chi connectivity index (χ3v) is 1.81. The Morgan fingerprint density at radius 3 is 2.76 bits per heavy atom. The van der Waals surface area contributed by atoms with E-state index >= 15 is 0 Å². The SMILES string of the molecule is COC(=O)c1cc(C=NN=C(N)N)ccc1O. The van der Waals surface area contributed by atoms with Crippen LogP contribution in [0.1, 0.15) is 15.9 Å². The number of phenolic OH excluding ortho intramolecular Hbond substituents is 1. The number of esters is 1. The first-order valence-electron chi connectivity index (χ1n) is 4.58. The minimum absolute atomic E-state index is 0.0427. The van der Waals surface area contributed by atoms with Crippen LogP contribution in [0.2, 0.25) is 0 Å². The van der Waals surface area contributed by atoms with Gasteiger partial charge in [-0.25, -0.2) is 4.79 Å². The summed E-state index contributed by atoms with van der Waals surface area (Å²) in [7, 11) is 1.22. The number of hydrogen-bond donors (Lipinski definition) is 3. The smallest absolute Gasteiger partial charge is 0.341 e. The van der Waals surface area contributed by atoms with Crippen molar-refractivity contribution in [2.24, 2.45) is 21.7 Å². The van der Waals surface area contributed by atoms with E-state index in [1.807, 2.05) is 0 Å². The molecule has 0 radical (unpaired) electrons. The first-order valence-corrected chi connectivity index (χ1v) is 4.58. The van der Waals surface area contributed by atoms with E-state index in [2.05, 4.69) is 14.9 Å². The molecule has 0 aromatic heterocycles. The molecule has 7 nitrogen and oxygen atoms in total. The van der Waals surface area contributed by atoms with Crippen LogP contribution >= 0.6 is 0 Å². The second-order valence-electron chi connectivity index (χ2n) is 3.04. The highest BCUT2D eigenvalue weighted by Crippen LogP contribution is 2.18. The fourth-order valence-electron chi connectivity index (χ4n) is 1.07. The summed E-state index contributed by atoms with van der Waals surface area (Å²) < 4.78 is 4.50. The maximum Gasteiger partial charge on any atom is 0.341 e. The van der Waals surface area contributed by atoms with Gasteiger partial charge < -0.3 is 21.3 Å². The maximum absolute atomic E-state index is 11.3. The van der Waals surface area contributed by atoms with Crippen molar-refractivity contribution < 1.29 is 14.6 Å². The molecule has 0 fully saturated rings. The molecular weight excluding hydrogens is 224 g/mol. The van der Waals surface area contributed by atoms with Crippen LogP contribution in [0.4, 0.5) is 0 Å². The quantitative estimate of drug-likeness (QED) is 0.290. The van der Waals surface area contributed by atoms with E-state index < -0.39 is 5.97 Å². The molecule has 17 heavy (non-hydrogen) atoms. The highest BCUT2D eigenvalue weighted by atomic mass is 16.5. The van der Waals surface area contributed by atoms with Crippen LogP contribution in [0.25, 0.3) is 0 Å². The highest BCUT2D eigenvalue weighted by molar-refractivity contribution is 5.95. The average Bonchev–Trinajstić information content (AvgIpc) is 2.30. The molecule has 0 spiro atoms. The second kappa shape index (κ2) is 5.50. The molecule has 0 aliphatic rings. The van der Waals surface area contributed by atoms with E-state index in [-0.39, 0.29) is 17.3 Å². The van der Waals surface area contributed by atoms with Crippen molar-refractivity contribution >= 4 is 18.1 Å². The molecule has 90 valence electrons. The summed E-state index contributed by atoms with van der Waals surface area (Å²) >= 11 is 0. The van der Waals surface area contributed by atoms with Gasteiger partial charge in [-0.05, 0) is 23.8 Å². The Bertz CT molecular complexity index is 478. The van der Waals surface area contributed by atoms with Crippen molar-refractivity contribution in [3.63, 3.8) is 0 Å². The summed E-state index contributed by atoms with van der Waals surface area (Å²) in [5.74, 6) is -0.983. The van der Waals surface area contributed by atoms with Crippen molar-refractivity contribution in [1.29, 1.82) is 0 Å². The highest BCUT2D eigenvalue weighted by Gasteiger charge is 2.11. The van der Waals surface area contributed by atoms with E-state index in [0.717, 1.165) is 0 Å². The lowest BCUT2D eigenvalue weighted by atomic mass is 10.1. The number of rotatable bonds is 3. The molecule has 1 aromatic rings. The van der Waals surface area contributed by atoms with E-state index in [9.17, 15) is 9.90 Å². The molecule has 0 unspecified atom stereocenters. The summed E-state index contributed by atoms with van der Waals surface area (Å²) in [6.45, 7) is 0. The maximum atomic E-state index is 11.3. The predicted octanol–water partition coefficient (Wildman–Crippen LogP) is -0.214. The van der Waals surface area contributed by atoms with Crippen molar-refractivity contribution in [2.75, 3.05) is 7.11 Å². The molecule has 0 saturated heterocycles. The number of hydrogen-bond acceptors (Lipinski definition) is 5. The minimum Gasteiger partial charge on any atom is -0.507 e. The molecule has 1 rings (SSSR count). The molecule has 0 saturated carbocycles. The number of carbonyl (C=O) groups excluding carboxylic acids is 1. The largest absolute Gasteiger partial charge is 0.507 e. The average molecular weight is 236 g/mol. The van der Waals surface area contributed by atoms with Gasteiger partial charge in [-0.1, -0.05) is 0 Å². The van der Waals surface area contributed by atoms with Crippen molar-refractivity contribution in [3.8, 4) is 5.75 Å². The van der Waals surface area contributed by atoms with E-state index in [4.69, 9.17) is 11.5 Å². The molecule has 0 bridgehead atoms. The van der Waals surface area contributed by atoms with Crippen LogP contribution in [0.15, 0.2) is 28.4 Å². The Morgan fingerprint density at radius 1 is 1.47 bits per heavy atom. The molecule has 0 atom stereocenters. The lowest BCUT2D eigenvalue weighted by Gasteiger charge is -2.02. The van der Waals surface area contributed by atoms with Crippen LogP contribution in [0.5, 0.6) is 5.75 Å². The number of nitrogens with two attached hydrogens (primary N) is 2. The minimum atomic E-state index is -0.639. The van der Waals surface area contributed by atoms with Crippen LogP contribution < -0.4 is 11.5 Å². The monoisotopic (exact) mass is 236 g/mol. The lowest BCUT2D eigenvalue weighted by Crippen LogP contribution is -2.21. The standard InChI is InChI=1S/C10H12N4O3/c1-17-9(16)7-4-6(2-3-8(7)15)5-13-14-10(11)12/h2-5,15H,1H3,(H4,11,12,14). The molecule has 0 aliphatic carbocycles. The number of methoxy groups -OCH3 is 1. The van der Waals surface area contributed by atoms with Gasteiger partial charge >= 0.3 is 5.97 Å². The Hall–Kier alpha value is -2.57. The fourth-order valence-corrected chi connectivity index (χ4v) is 1.07. The normalized spacial score (nSPS) is 10.2. The van der Waals surface area contributed by atoms with Crippen molar-refractivity contribution in [1.82, 2.24) is 0 Å². The number of guanidine groups is 1. The third kappa shape index (κ3) is 3.49. The molecule has 5 N–H and O–H groups in total. The summed E-state index contributed by atoms with van der Waals surface area (Å²) in [6, 6.07) is 4.31. The summed E-state index contributed by atoms with van der Waals surface area (Å²) in [5, 5.41) is 16.4. The van der Waals surface area contributed by atoms with Gasteiger partial charge in [0.1, 0.15) is 11.3 Å². The summed E-state index contributed by atoms with van der Waals surface area (Å²) in [5.41, 5.74) is 10.8. The van der Waals surface area contributed by atoms with Crippen LogP contribution in [-0.2, 0) is 4.74 Å². The zero-order chi connectivity index (χ0) is 12.8. The Morgan fingerprint density at radius 2 is 2.18 bits per heavy atom. The molecule has 0 aliphatic heterocycles. The fraction of sp³-hybridized carbons (Fsp3) is 0.100. The van der Waals surface area contributed by atoms with E-state index in [1.54, 1.807) is 6.07 Å². The van der Waals surface area contributed by atoms with Gasteiger partial charge in [0.25, 0.3) is 0 Å². The Balaban J connectivity index is 3.01. The number of phenols is 1. The van der Waals surface area contributed by atoms with Gasteiger partial charge in [-0.2, -0.15) is 5.10 Å². The molecule has 0 heterocycles. The molecule has 0 amide bonds. The number of benzene rings is 1. The number of ether oxygens (including phenoxy) is 1. The van der Waals surface area contributed by atoms with Crippen LogP contribution in [0.3, 0.4) is 0 Å². The topological polar surface area (TPSA) is 123 Å². The first kappa shape index (κ1) is 12.5. The van der Waals surface area contributed by atoms with Gasteiger partial charge in [-0.15, -0.1) is 5.10 Å². The first-order chi connectivity index (χ1) is 8.04. The van der Waals surface area contributed by atoms with Gasteiger partial charge in [0.2, 0.25) is 5.96 Å². The van der Waals surface area contributed by atoms with Crippen molar-refractivity contribution in [3.05, 3.63) is 29.3 Å². The second-order valence-corrected chi connectivity index (χ2v) is 3.04. The van der Waals surface area contributed by atoms with Gasteiger partial charge in [0, 0.05) is 0 Å². The molecular formula is C10H12N4O3. The lowest BCUT2D eigenvalue weighted by molar-refractivity contribution is 0.0597. The predicted molar refractivity (Wildman–Crippen MR) is 62.9 cm³/mol. The number of aromatic hydroxyl groups is 1. The van der Waals surface area contributed by atoms with Crippen LogP contribution in [0, 0.1) is 0 Å². The number of carbonyl (C=O) groups is 1. The third-order valence-electron chi connectivity index (χ3n) is 1.81. The zero-order valence-corrected chi connectivity index (χ0v) is 9.12. The summed E-state index contributed by atoms with van der Waals surface area (Å²) in [6.07, 6.45) is 1.34. The zero-order valence-electron chi connectivity index (χ0n) is 9.12. The van der Waals surface area contributed by atoms with Gasteiger partial charge in [-0.3, -0.25) is 0 Å².